The van der Waals surface area contributed by atoms with Crippen LogP contribution in [-0.4, -0.2) is 25.1 Å². The van der Waals surface area contributed by atoms with E-state index in [1.165, 1.54) is 24.4 Å². The summed E-state index contributed by atoms with van der Waals surface area (Å²) >= 11 is 0. The first kappa shape index (κ1) is 15.1. The summed E-state index contributed by atoms with van der Waals surface area (Å²) < 4.78 is 0. The Morgan fingerprint density at radius 3 is 2.72 bits per heavy atom. The summed E-state index contributed by atoms with van der Waals surface area (Å²) in [5.41, 5.74) is 1.91. The fourth-order valence-corrected chi connectivity index (χ4v) is 2.94. The lowest BCUT2D eigenvalue weighted by Crippen LogP contribution is -2.02. The van der Waals surface area contributed by atoms with E-state index in [4.69, 9.17) is 0 Å². The van der Waals surface area contributed by atoms with Crippen LogP contribution in [0.5, 0.6) is 5.75 Å². The number of hydrogen-bond donors (Lipinski definition) is 3. The number of phenols is 1. The summed E-state index contributed by atoms with van der Waals surface area (Å²) in [5, 5.41) is 33.3. The highest BCUT2D eigenvalue weighted by Crippen LogP contribution is 2.34. The van der Waals surface area contributed by atoms with E-state index < -0.39 is 11.0 Å². The van der Waals surface area contributed by atoms with E-state index in [1.54, 1.807) is 6.07 Å². The van der Waals surface area contributed by atoms with Gasteiger partial charge >= 0.3 is 0 Å². The fraction of sp³-hybridized carbons (Fsp3) is 0.0556. The highest BCUT2D eigenvalue weighted by atomic mass is 16.6. The number of nitrogens with zero attached hydrogens (tertiary/aromatic N) is 2. The number of para-hydroxylation sites is 1. The first-order valence-corrected chi connectivity index (χ1v) is 7.56. The Kier molecular flexibility index (Phi) is 3.36. The van der Waals surface area contributed by atoms with Crippen LogP contribution in [-0.2, 0) is 0 Å². The summed E-state index contributed by atoms with van der Waals surface area (Å²) in [6.07, 6.45) is 0.256. The number of nitrogens with one attached hydrogen (secondary N) is 1. The van der Waals surface area contributed by atoms with E-state index in [0.29, 0.717) is 11.2 Å². The Balaban J connectivity index is 1.85. The van der Waals surface area contributed by atoms with Crippen molar-refractivity contribution in [2.24, 2.45) is 0 Å². The summed E-state index contributed by atoms with van der Waals surface area (Å²) in [5.74, 6) is -0.211. The van der Waals surface area contributed by atoms with Gasteiger partial charge in [0, 0.05) is 45.7 Å². The number of aromatic amines is 1. The number of aromatic hydroxyl groups is 1. The van der Waals surface area contributed by atoms with Gasteiger partial charge in [0.1, 0.15) is 17.5 Å². The molecule has 1 unspecified atom stereocenters. The molecule has 0 fully saturated rings. The molecule has 0 aliphatic rings. The van der Waals surface area contributed by atoms with Crippen molar-refractivity contribution in [3.63, 3.8) is 0 Å². The van der Waals surface area contributed by atoms with E-state index in [9.17, 15) is 20.3 Å². The zero-order valence-corrected chi connectivity index (χ0v) is 12.9. The molecule has 2 aromatic carbocycles. The maximum absolute atomic E-state index is 10.9. The minimum Gasteiger partial charge on any atom is -0.508 e. The maximum atomic E-state index is 10.9. The molecule has 3 N–H and O–H groups in total. The normalized spacial score (nSPS) is 12.5. The van der Waals surface area contributed by atoms with Gasteiger partial charge in [-0.1, -0.05) is 18.2 Å². The highest BCUT2D eigenvalue weighted by molar-refractivity contribution is 6.05. The van der Waals surface area contributed by atoms with Crippen LogP contribution < -0.4 is 0 Å². The number of aromatic nitrogens is 2. The van der Waals surface area contributed by atoms with Gasteiger partial charge in [0.05, 0.1) is 4.92 Å². The number of phenolic OH excluding ortho intramolecular Hbond substituents is 1. The molecule has 0 aliphatic carbocycles. The number of hydrogen-bond acceptors (Lipinski definition) is 5. The Hall–Kier alpha value is -3.45. The number of non-ortho nitro benzene ring substituents is 1. The van der Waals surface area contributed by atoms with Gasteiger partial charge in [0.2, 0.25) is 0 Å². The topological polar surface area (TPSA) is 112 Å². The summed E-state index contributed by atoms with van der Waals surface area (Å²) in [6.45, 7) is 0. The Morgan fingerprint density at radius 1 is 1.12 bits per heavy atom. The van der Waals surface area contributed by atoms with Crippen LogP contribution in [0, 0.1) is 10.1 Å². The number of nitro benzene ring substituents is 1. The molecule has 0 radical (unpaired) electrons. The van der Waals surface area contributed by atoms with Crippen molar-refractivity contribution in [2.75, 3.05) is 0 Å². The number of rotatable bonds is 3. The van der Waals surface area contributed by atoms with Gasteiger partial charge in [-0.05, 0) is 18.2 Å². The van der Waals surface area contributed by atoms with Gasteiger partial charge in [-0.3, -0.25) is 10.1 Å². The third-order valence-corrected chi connectivity index (χ3v) is 4.21. The second kappa shape index (κ2) is 5.57. The quantitative estimate of drug-likeness (QED) is 0.392. The van der Waals surface area contributed by atoms with Crippen LogP contribution in [0.4, 0.5) is 5.69 Å². The Bertz CT molecular complexity index is 1120. The third kappa shape index (κ3) is 2.47. The number of fused-ring (bicyclic) bond motifs is 3. The molecule has 2 heterocycles. The van der Waals surface area contributed by atoms with Crippen molar-refractivity contribution in [2.45, 2.75) is 6.10 Å². The second-order valence-electron chi connectivity index (χ2n) is 5.74. The van der Waals surface area contributed by atoms with Crippen molar-refractivity contribution in [3.8, 4) is 5.75 Å². The Labute approximate surface area is 141 Å². The van der Waals surface area contributed by atoms with Crippen molar-refractivity contribution >= 4 is 27.6 Å². The molecule has 0 amide bonds. The minimum atomic E-state index is -1.23. The third-order valence-electron chi connectivity index (χ3n) is 4.21. The van der Waals surface area contributed by atoms with Crippen LogP contribution in [0.25, 0.3) is 21.9 Å². The van der Waals surface area contributed by atoms with Crippen LogP contribution in [0.15, 0.2) is 54.7 Å². The van der Waals surface area contributed by atoms with Gasteiger partial charge in [-0.15, -0.1) is 0 Å². The van der Waals surface area contributed by atoms with Crippen LogP contribution in [0.2, 0.25) is 0 Å². The monoisotopic (exact) mass is 335 g/mol. The van der Waals surface area contributed by atoms with E-state index in [1.807, 2.05) is 24.3 Å². The zero-order valence-electron chi connectivity index (χ0n) is 12.9. The Morgan fingerprint density at radius 2 is 1.92 bits per heavy atom. The van der Waals surface area contributed by atoms with E-state index in [-0.39, 0.29) is 17.0 Å². The lowest BCUT2D eigenvalue weighted by atomic mass is 10.0. The average molecular weight is 335 g/mol. The molecule has 2 aromatic heterocycles. The number of benzene rings is 2. The highest BCUT2D eigenvalue weighted by Gasteiger charge is 2.20. The number of aliphatic hydroxyl groups excluding tert-OH is 1. The standard InChI is InChI=1S/C18H13N3O4/c22-16-6-5-11(21(24)25)8-14(16)17(23)10-7-13-12-3-1-2-4-15(12)20-18(13)19-9-10/h1-9,17,22-23H,(H,19,20). The van der Waals surface area contributed by atoms with Crippen molar-refractivity contribution in [3.05, 3.63) is 76.0 Å². The molecule has 0 saturated heterocycles. The predicted octanol–water partition coefficient (Wildman–Crippen LogP) is 3.41. The first-order valence-electron chi connectivity index (χ1n) is 7.56. The van der Waals surface area contributed by atoms with E-state index in [2.05, 4.69) is 9.97 Å². The van der Waals surface area contributed by atoms with Gasteiger partial charge in [-0.25, -0.2) is 4.98 Å². The lowest BCUT2D eigenvalue weighted by molar-refractivity contribution is -0.385. The summed E-state index contributed by atoms with van der Waals surface area (Å²) in [4.78, 5) is 17.9. The molecule has 124 valence electrons. The van der Waals surface area contributed by atoms with Gasteiger partial charge < -0.3 is 15.2 Å². The number of H-pyrrole nitrogens is 1. The molecular weight excluding hydrogens is 322 g/mol. The summed E-state index contributed by atoms with van der Waals surface area (Å²) in [7, 11) is 0. The fourth-order valence-electron chi connectivity index (χ4n) is 2.94. The molecule has 4 rings (SSSR count). The molecule has 7 nitrogen and oxygen atoms in total. The van der Waals surface area contributed by atoms with E-state index >= 15 is 0 Å². The van der Waals surface area contributed by atoms with Crippen molar-refractivity contribution in [1.29, 1.82) is 0 Å². The predicted molar refractivity (Wildman–Crippen MR) is 92.4 cm³/mol. The molecule has 4 aromatic rings. The van der Waals surface area contributed by atoms with Crippen LogP contribution >= 0.6 is 0 Å². The minimum absolute atomic E-state index is 0.0650. The van der Waals surface area contributed by atoms with Gasteiger partial charge in [0.25, 0.3) is 5.69 Å². The molecule has 0 aliphatic heterocycles. The SMILES string of the molecule is O=[N+]([O-])c1ccc(O)c(C(O)c2cnc3[nH]c4ccccc4c3c2)c1. The van der Waals surface area contributed by atoms with Crippen LogP contribution in [0.3, 0.4) is 0 Å². The van der Waals surface area contributed by atoms with Crippen molar-refractivity contribution in [1.82, 2.24) is 9.97 Å². The molecule has 0 saturated carbocycles. The van der Waals surface area contributed by atoms with E-state index in [0.717, 1.165) is 16.3 Å². The van der Waals surface area contributed by atoms with Gasteiger partial charge in [-0.2, -0.15) is 0 Å². The van der Waals surface area contributed by atoms with Crippen LogP contribution in [0.1, 0.15) is 17.2 Å². The largest absolute Gasteiger partial charge is 0.508 e. The summed E-state index contributed by atoms with van der Waals surface area (Å²) in [6, 6.07) is 13.0. The average Bonchev–Trinajstić information content (AvgIpc) is 2.99. The lowest BCUT2D eigenvalue weighted by Gasteiger charge is -2.12. The first-order chi connectivity index (χ1) is 12.0. The molecule has 7 heteroatoms. The number of pyridine rings is 1. The second-order valence-corrected chi connectivity index (χ2v) is 5.74. The van der Waals surface area contributed by atoms with Crippen molar-refractivity contribution < 1.29 is 15.1 Å². The smallest absolute Gasteiger partial charge is 0.270 e. The molecule has 25 heavy (non-hydrogen) atoms. The maximum Gasteiger partial charge on any atom is 0.270 e. The molecule has 0 spiro atoms. The zero-order chi connectivity index (χ0) is 17.6. The molecule has 1 atom stereocenters. The molecule has 0 bridgehead atoms. The molecular formula is C18H13N3O4. The number of nitro groups is 1. The number of aliphatic hydroxyl groups is 1. The van der Waals surface area contributed by atoms with Gasteiger partial charge in [0.15, 0.2) is 0 Å².